The zero-order valence-corrected chi connectivity index (χ0v) is 15.3. The molecule has 28 heavy (non-hydrogen) atoms. The first kappa shape index (κ1) is 17.7. The lowest BCUT2D eigenvalue weighted by Crippen LogP contribution is -2.30. The predicted octanol–water partition coefficient (Wildman–Crippen LogP) is 3.77. The number of urea groups is 1. The molecule has 0 aliphatic carbocycles. The Hall–Kier alpha value is -3.72. The molecule has 0 saturated carbocycles. The molecule has 8 nitrogen and oxygen atoms in total. The van der Waals surface area contributed by atoms with Crippen LogP contribution in [-0.2, 0) is 0 Å². The first-order valence-electron chi connectivity index (χ1n) is 8.13. The molecule has 0 atom stereocenters. The van der Waals surface area contributed by atoms with E-state index in [2.05, 4.69) is 10.3 Å². The van der Waals surface area contributed by atoms with Crippen LogP contribution in [0.25, 0.3) is 21.2 Å². The van der Waals surface area contributed by atoms with E-state index in [-0.39, 0.29) is 5.58 Å². The first-order valence-corrected chi connectivity index (χ1v) is 8.95. The number of hydrogen-bond donors (Lipinski definition) is 2. The van der Waals surface area contributed by atoms with Gasteiger partial charge < -0.3 is 14.8 Å². The number of benzene rings is 1. The zero-order valence-electron chi connectivity index (χ0n) is 14.5. The largest absolute Gasteiger partial charge is 0.477 e. The molecule has 2 amide bonds. The molecule has 3 aromatic heterocycles. The number of nitrogens with one attached hydrogen (secondary N) is 1. The molecule has 0 spiro atoms. The Bertz CT molecular complexity index is 1290. The summed E-state index contributed by atoms with van der Waals surface area (Å²) in [6.45, 7) is 0. The fourth-order valence-electron chi connectivity index (χ4n) is 2.72. The second-order valence-electron chi connectivity index (χ2n) is 5.94. The highest BCUT2D eigenvalue weighted by Crippen LogP contribution is 2.32. The van der Waals surface area contributed by atoms with Gasteiger partial charge in [0.2, 0.25) is 0 Å². The molecule has 0 aliphatic heterocycles. The molecule has 1 aromatic carbocycles. The second-order valence-corrected chi connectivity index (χ2v) is 7.00. The topological polar surface area (TPSA) is 113 Å². The molecule has 0 aliphatic rings. The first-order chi connectivity index (χ1) is 13.4. The Kier molecular flexibility index (Phi) is 4.28. The third-order valence-electron chi connectivity index (χ3n) is 4.15. The van der Waals surface area contributed by atoms with Crippen molar-refractivity contribution in [2.45, 2.75) is 0 Å². The third kappa shape index (κ3) is 3.08. The van der Waals surface area contributed by atoms with Crippen LogP contribution in [0.4, 0.5) is 15.5 Å². The lowest BCUT2D eigenvalue weighted by Gasteiger charge is -2.16. The van der Waals surface area contributed by atoms with E-state index in [0.29, 0.717) is 20.9 Å². The van der Waals surface area contributed by atoms with Crippen LogP contribution in [0.3, 0.4) is 0 Å². The van der Waals surface area contributed by atoms with Gasteiger partial charge in [0.05, 0.1) is 15.9 Å². The van der Waals surface area contributed by atoms with E-state index in [1.165, 1.54) is 17.0 Å². The van der Waals surface area contributed by atoms with Crippen molar-refractivity contribution >= 4 is 55.2 Å². The maximum absolute atomic E-state index is 12.7. The minimum atomic E-state index is -1.36. The molecule has 0 radical (unpaired) electrons. The molecule has 4 aromatic rings. The second kappa shape index (κ2) is 6.78. The summed E-state index contributed by atoms with van der Waals surface area (Å²) in [5.74, 6) is -1.36. The number of carbonyl (C=O) groups is 2. The van der Waals surface area contributed by atoms with E-state index in [1.54, 1.807) is 19.3 Å². The van der Waals surface area contributed by atoms with Crippen LogP contribution in [0.1, 0.15) is 10.4 Å². The van der Waals surface area contributed by atoms with Gasteiger partial charge >= 0.3 is 17.6 Å². The van der Waals surface area contributed by atoms with Gasteiger partial charge in [-0.2, -0.15) is 0 Å². The number of pyridine rings is 1. The number of hydrogen-bond acceptors (Lipinski definition) is 6. The van der Waals surface area contributed by atoms with E-state index < -0.39 is 23.2 Å². The molecular formula is C19H13N3O5S. The smallest absolute Gasteiger partial charge is 0.351 e. The fourth-order valence-corrected chi connectivity index (χ4v) is 3.71. The summed E-state index contributed by atoms with van der Waals surface area (Å²) in [4.78, 5) is 41.1. The maximum Gasteiger partial charge on any atom is 0.351 e. The van der Waals surface area contributed by atoms with Crippen LogP contribution in [0, 0.1) is 0 Å². The summed E-state index contributed by atoms with van der Waals surface area (Å²) in [5.41, 5.74) is 0.0746. The van der Waals surface area contributed by atoms with Crippen LogP contribution < -0.4 is 15.8 Å². The van der Waals surface area contributed by atoms with Crippen molar-refractivity contribution in [2.75, 3.05) is 17.3 Å². The number of fused-ring (bicyclic) bond motifs is 2. The molecular weight excluding hydrogens is 382 g/mol. The summed E-state index contributed by atoms with van der Waals surface area (Å²) in [6.07, 6.45) is 1.65. The van der Waals surface area contributed by atoms with Crippen LogP contribution in [0.15, 0.2) is 57.9 Å². The van der Waals surface area contributed by atoms with Crippen LogP contribution >= 0.6 is 11.3 Å². The number of carboxylic acid groups (broad SMARTS) is 1. The van der Waals surface area contributed by atoms with E-state index in [0.717, 1.165) is 16.7 Å². The van der Waals surface area contributed by atoms with Crippen molar-refractivity contribution in [3.63, 3.8) is 0 Å². The van der Waals surface area contributed by atoms with Crippen LogP contribution in [-0.4, -0.2) is 29.1 Å². The van der Waals surface area contributed by atoms with Gasteiger partial charge in [-0.15, -0.1) is 11.3 Å². The number of aromatic nitrogens is 1. The molecule has 0 fully saturated rings. The Labute approximate surface area is 161 Å². The van der Waals surface area contributed by atoms with Crippen LogP contribution in [0.2, 0.25) is 0 Å². The third-order valence-corrected chi connectivity index (χ3v) is 5.29. The van der Waals surface area contributed by atoms with Gasteiger partial charge in [0, 0.05) is 24.7 Å². The lowest BCUT2D eigenvalue weighted by atomic mass is 10.2. The lowest BCUT2D eigenvalue weighted by molar-refractivity contribution is 0.0692. The Balaban J connectivity index is 1.65. The highest BCUT2D eigenvalue weighted by atomic mass is 32.1. The van der Waals surface area contributed by atoms with Crippen molar-refractivity contribution < 1.29 is 19.1 Å². The fraction of sp³-hybridized carbons (Fsp3) is 0.0526. The normalized spacial score (nSPS) is 10.9. The molecule has 0 unspecified atom stereocenters. The van der Waals surface area contributed by atoms with Crippen molar-refractivity contribution in [1.82, 2.24) is 4.98 Å². The highest BCUT2D eigenvalue weighted by Gasteiger charge is 2.19. The SMILES string of the molecule is CN(C(=O)Nc1cccc2cccnc12)c1cc2oc(=O)c(C(=O)O)cc2s1. The van der Waals surface area contributed by atoms with E-state index >= 15 is 0 Å². The average Bonchev–Trinajstić information content (AvgIpc) is 3.09. The molecule has 2 N–H and O–H groups in total. The minimum absolute atomic E-state index is 0.224. The summed E-state index contributed by atoms with van der Waals surface area (Å²) in [5, 5.41) is 13.2. The average molecular weight is 395 g/mol. The maximum atomic E-state index is 12.7. The number of carboxylic acids is 1. The van der Waals surface area contributed by atoms with Crippen LogP contribution in [0.5, 0.6) is 0 Å². The number of anilines is 2. The quantitative estimate of drug-likeness (QED) is 0.546. The number of rotatable bonds is 3. The molecule has 9 heteroatoms. The van der Waals surface area contributed by atoms with Gasteiger partial charge in [0.1, 0.15) is 10.6 Å². The number of amides is 2. The molecule has 0 saturated heterocycles. The van der Waals surface area contributed by atoms with Gasteiger partial charge in [-0.3, -0.25) is 9.88 Å². The molecule has 140 valence electrons. The standard InChI is InChI=1S/C19H13N3O5S/c1-22(15-9-13-14(28-15)8-11(17(23)24)18(25)27-13)19(26)21-12-6-2-4-10-5-3-7-20-16(10)12/h2-9H,1H3,(H,21,26)(H,23,24). The number of carbonyl (C=O) groups excluding carboxylic acids is 1. The summed E-state index contributed by atoms with van der Waals surface area (Å²) >= 11 is 1.14. The number of nitrogens with zero attached hydrogens (tertiary/aromatic N) is 2. The van der Waals surface area contributed by atoms with Gasteiger partial charge in [-0.25, -0.2) is 14.4 Å². The number of para-hydroxylation sites is 1. The van der Waals surface area contributed by atoms with E-state index in [1.807, 2.05) is 24.3 Å². The minimum Gasteiger partial charge on any atom is -0.477 e. The Morgan fingerprint density at radius 3 is 2.79 bits per heavy atom. The van der Waals surface area contributed by atoms with Gasteiger partial charge in [0.25, 0.3) is 0 Å². The highest BCUT2D eigenvalue weighted by molar-refractivity contribution is 7.22. The number of thiophene rings is 1. The van der Waals surface area contributed by atoms with Crippen molar-refractivity contribution in [1.29, 1.82) is 0 Å². The monoisotopic (exact) mass is 395 g/mol. The summed E-state index contributed by atoms with van der Waals surface area (Å²) in [7, 11) is 1.56. The summed E-state index contributed by atoms with van der Waals surface area (Å²) < 4.78 is 5.50. The predicted molar refractivity (Wildman–Crippen MR) is 106 cm³/mol. The van der Waals surface area contributed by atoms with E-state index in [4.69, 9.17) is 9.52 Å². The van der Waals surface area contributed by atoms with Gasteiger partial charge in [-0.05, 0) is 18.2 Å². The Morgan fingerprint density at radius 1 is 1.21 bits per heavy atom. The molecule has 0 bridgehead atoms. The van der Waals surface area contributed by atoms with Crippen molar-refractivity contribution in [3.8, 4) is 0 Å². The summed E-state index contributed by atoms with van der Waals surface area (Å²) in [6, 6.07) is 11.5. The molecule has 4 rings (SSSR count). The van der Waals surface area contributed by atoms with Crippen molar-refractivity contribution in [2.24, 2.45) is 0 Å². The van der Waals surface area contributed by atoms with Gasteiger partial charge in [-0.1, -0.05) is 18.2 Å². The van der Waals surface area contributed by atoms with Gasteiger partial charge in [0.15, 0.2) is 5.58 Å². The van der Waals surface area contributed by atoms with E-state index in [9.17, 15) is 14.4 Å². The zero-order chi connectivity index (χ0) is 19.8. The number of aromatic carboxylic acids is 1. The Morgan fingerprint density at radius 2 is 2.00 bits per heavy atom. The van der Waals surface area contributed by atoms with Crippen molar-refractivity contribution in [3.05, 3.63) is 64.6 Å². The molecule has 3 heterocycles.